The summed E-state index contributed by atoms with van der Waals surface area (Å²) >= 11 is 0. The summed E-state index contributed by atoms with van der Waals surface area (Å²) < 4.78 is 5.45. The molecule has 0 N–H and O–H groups in total. The number of aryl methyl sites for hydroxylation is 1. The lowest BCUT2D eigenvalue weighted by atomic mass is 9.99. The van der Waals surface area contributed by atoms with Crippen LogP contribution in [0.1, 0.15) is 18.4 Å². The molecule has 0 bridgehead atoms. The molecule has 1 aliphatic heterocycles. The van der Waals surface area contributed by atoms with Crippen molar-refractivity contribution in [3.63, 3.8) is 0 Å². The Morgan fingerprint density at radius 3 is 2.48 bits per heavy atom. The van der Waals surface area contributed by atoms with E-state index in [9.17, 15) is 4.79 Å². The highest BCUT2D eigenvalue weighted by Gasteiger charge is 2.26. The van der Waals surface area contributed by atoms with E-state index in [-0.39, 0.29) is 11.8 Å². The molecule has 0 aliphatic carbocycles. The molecular formula is C17H22N4O2. The van der Waals surface area contributed by atoms with Gasteiger partial charge >= 0.3 is 6.01 Å². The zero-order chi connectivity index (χ0) is 16.2. The van der Waals surface area contributed by atoms with Gasteiger partial charge in [0, 0.05) is 39.0 Å². The number of aromatic nitrogens is 2. The number of anilines is 1. The monoisotopic (exact) mass is 314 g/mol. The molecule has 1 saturated heterocycles. The van der Waals surface area contributed by atoms with Gasteiger partial charge in [0.25, 0.3) is 0 Å². The van der Waals surface area contributed by atoms with Crippen molar-refractivity contribution >= 4 is 11.9 Å². The normalized spacial score (nSPS) is 16.4. The molecule has 1 aromatic carbocycles. The van der Waals surface area contributed by atoms with Crippen LogP contribution < -0.4 is 4.90 Å². The van der Waals surface area contributed by atoms with Gasteiger partial charge in [-0.15, -0.1) is 5.10 Å². The molecule has 1 atom stereocenters. The second-order valence-electron chi connectivity index (χ2n) is 6.01. The summed E-state index contributed by atoms with van der Waals surface area (Å²) in [6.07, 6.45) is 0.780. The van der Waals surface area contributed by atoms with E-state index in [0.29, 0.717) is 25.0 Å². The predicted octanol–water partition coefficient (Wildman–Crippen LogP) is 1.91. The molecule has 1 aliphatic rings. The maximum atomic E-state index is 12.6. The van der Waals surface area contributed by atoms with Crippen LogP contribution in [0.4, 0.5) is 6.01 Å². The molecule has 1 unspecified atom stereocenters. The minimum Gasteiger partial charge on any atom is -0.408 e. The van der Waals surface area contributed by atoms with Crippen LogP contribution in [0.15, 0.2) is 34.7 Å². The van der Waals surface area contributed by atoms with Crippen LogP contribution in [0.3, 0.4) is 0 Å². The third-order valence-corrected chi connectivity index (χ3v) is 4.18. The van der Waals surface area contributed by atoms with Crippen molar-refractivity contribution in [3.05, 3.63) is 41.8 Å². The number of carbonyl (C=O) groups is 1. The Morgan fingerprint density at radius 1 is 1.17 bits per heavy atom. The number of hydrogen-bond acceptors (Lipinski definition) is 5. The van der Waals surface area contributed by atoms with E-state index in [1.807, 2.05) is 34.9 Å². The lowest BCUT2D eigenvalue weighted by Gasteiger charge is -2.35. The van der Waals surface area contributed by atoms with E-state index < -0.39 is 0 Å². The SMILES string of the molecule is Cc1nnc(N2CCN(C(=O)C(C)Cc3ccccc3)CC2)o1. The average Bonchev–Trinajstić information content (AvgIpc) is 3.02. The molecule has 122 valence electrons. The van der Waals surface area contributed by atoms with Crippen LogP contribution in [0.2, 0.25) is 0 Å². The fourth-order valence-corrected chi connectivity index (χ4v) is 2.90. The molecular weight excluding hydrogens is 292 g/mol. The molecule has 0 spiro atoms. The van der Waals surface area contributed by atoms with Gasteiger partial charge in [0.15, 0.2) is 0 Å². The highest BCUT2D eigenvalue weighted by atomic mass is 16.4. The van der Waals surface area contributed by atoms with Crippen LogP contribution in [0.5, 0.6) is 0 Å². The van der Waals surface area contributed by atoms with Crippen LogP contribution in [-0.2, 0) is 11.2 Å². The van der Waals surface area contributed by atoms with Crippen molar-refractivity contribution in [2.45, 2.75) is 20.3 Å². The van der Waals surface area contributed by atoms with E-state index in [2.05, 4.69) is 22.3 Å². The van der Waals surface area contributed by atoms with Crippen LogP contribution in [0, 0.1) is 12.8 Å². The van der Waals surface area contributed by atoms with Crippen molar-refractivity contribution in [2.24, 2.45) is 5.92 Å². The lowest BCUT2D eigenvalue weighted by molar-refractivity contribution is -0.135. The summed E-state index contributed by atoms with van der Waals surface area (Å²) in [6.45, 7) is 6.63. The Hall–Kier alpha value is -2.37. The number of amides is 1. The molecule has 23 heavy (non-hydrogen) atoms. The van der Waals surface area contributed by atoms with E-state index in [0.717, 1.165) is 19.5 Å². The van der Waals surface area contributed by atoms with Crippen LogP contribution in [-0.4, -0.2) is 47.2 Å². The summed E-state index contributed by atoms with van der Waals surface area (Å²) in [6, 6.07) is 10.7. The first-order chi connectivity index (χ1) is 11.1. The minimum absolute atomic E-state index is 0.00500. The molecule has 0 radical (unpaired) electrons. The fourth-order valence-electron chi connectivity index (χ4n) is 2.90. The van der Waals surface area contributed by atoms with Crippen molar-refractivity contribution in [3.8, 4) is 0 Å². The van der Waals surface area contributed by atoms with Gasteiger partial charge in [-0.3, -0.25) is 4.79 Å². The number of carbonyl (C=O) groups excluding carboxylic acids is 1. The van der Waals surface area contributed by atoms with Gasteiger partial charge in [0.1, 0.15) is 0 Å². The zero-order valence-electron chi connectivity index (χ0n) is 13.6. The summed E-state index contributed by atoms with van der Waals surface area (Å²) in [5.41, 5.74) is 1.20. The Labute approximate surface area is 136 Å². The molecule has 1 amide bonds. The first kappa shape index (κ1) is 15.5. The first-order valence-electron chi connectivity index (χ1n) is 8.01. The molecule has 6 nitrogen and oxygen atoms in total. The summed E-state index contributed by atoms with van der Waals surface area (Å²) in [4.78, 5) is 16.6. The number of piperazine rings is 1. The van der Waals surface area contributed by atoms with Gasteiger partial charge in [0.05, 0.1) is 0 Å². The molecule has 1 aromatic heterocycles. The number of hydrogen-bond donors (Lipinski definition) is 0. The average molecular weight is 314 g/mol. The third kappa shape index (κ3) is 3.70. The Balaban J connectivity index is 1.53. The number of rotatable bonds is 4. The number of nitrogens with zero attached hydrogens (tertiary/aromatic N) is 4. The van der Waals surface area contributed by atoms with E-state index in [1.165, 1.54) is 5.56 Å². The third-order valence-electron chi connectivity index (χ3n) is 4.18. The molecule has 3 rings (SSSR count). The van der Waals surface area contributed by atoms with Gasteiger partial charge in [-0.05, 0) is 12.0 Å². The zero-order valence-corrected chi connectivity index (χ0v) is 13.6. The molecule has 2 aromatic rings. The van der Waals surface area contributed by atoms with E-state index in [1.54, 1.807) is 6.92 Å². The largest absolute Gasteiger partial charge is 0.408 e. The van der Waals surface area contributed by atoms with E-state index >= 15 is 0 Å². The smallest absolute Gasteiger partial charge is 0.318 e. The molecule has 0 saturated carbocycles. The maximum Gasteiger partial charge on any atom is 0.318 e. The second kappa shape index (κ2) is 6.81. The minimum atomic E-state index is -0.00500. The molecule has 6 heteroatoms. The summed E-state index contributed by atoms with van der Waals surface area (Å²) in [5.74, 6) is 0.778. The van der Waals surface area contributed by atoms with Crippen molar-refractivity contribution in [1.29, 1.82) is 0 Å². The second-order valence-corrected chi connectivity index (χ2v) is 6.01. The highest BCUT2D eigenvalue weighted by Crippen LogP contribution is 2.17. The fraction of sp³-hybridized carbons (Fsp3) is 0.471. The standard InChI is InChI=1S/C17H22N4O2/c1-13(12-15-6-4-3-5-7-15)16(22)20-8-10-21(11-9-20)17-19-18-14(2)23-17/h3-7,13H,8-12H2,1-2H3. The Bertz CT molecular complexity index is 648. The highest BCUT2D eigenvalue weighted by molar-refractivity contribution is 5.79. The van der Waals surface area contributed by atoms with Crippen molar-refractivity contribution in [1.82, 2.24) is 15.1 Å². The predicted molar refractivity (Wildman–Crippen MR) is 87.1 cm³/mol. The van der Waals surface area contributed by atoms with Gasteiger partial charge < -0.3 is 14.2 Å². The lowest BCUT2D eigenvalue weighted by Crippen LogP contribution is -2.50. The molecule has 2 heterocycles. The first-order valence-corrected chi connectivity index (χ1v) is 8.01. The quantitative estimate of drug-likeness (QED) is 0.862. The van der Waals surface area contributed by atoms with Crippen LogP contribution >= 0.6 is 0 Å². The summed E-state index contributed by atoms with van der Waals surface area (Å²) in [5, 5.41) is 7.89. The van der Waals surface area contributed by atoms with Crippen LogP contribution in [0.25, 0.3) is 0 Å². The van der Waals surface area contributed by atoms with E-state index in [4.69, 9.17) is 4.42 Å². The summed E-state index contributed by atoms with van der Waals surface area (Å²) in [7, 11) is 0. The van der Waals surface area contributed by atoms with Gasteiger partial charge in [-0.1, -0.05) is 42.4 Å². The Morgan fingerprint density at radius 2 is 1.87 bits per heavy atom. The van der Waals surface area contributed by atoms with Crippen molar-refractivity contribution in [2.75, 3.05) is 31.1 Å². The Kier molecular flexibility index (Phi) is 4.60. The van der Waals surface area contributed by atoms with Gasteiger partial charge in [-0.25, -0.2) is 0 Å². The topological polar surface area (TPSA) is 62.5 Å². The number of benzene rings is 1. The van der Waals surface area contributed by atoms with Gasteiger partial charge in [-0.2, -0.15) is 0 Å². The maximum absolute atomic E-state index is 12.6. The van der Waals surface area contributed by atoms with Crippen molar-refractivity contribution < 1.29 is 9.21 Å². The molecule has 1 fully saturated rings. The van der Waals surface area contributed by atoms with Gasteiger partial charge in [0.2, 0.25) is 11.8 Å².